The molecule has 0 radical (unpaired) electrons. The fourth-order valence-electron chi connectivity index (χ4n) is 3.42. The molecule has 0 aromatic heterocycles. The molecule has 0 bridgehead atoms. The first-order valence-electron chi connectivity index (χ1n) is 10.9. The predicted molar refractivity (Wildman–Crippen MR) is 121 cm³/mol. The summed E-state index contributed by atoms with van der Waals surface area (Å²) >= 11 is 0. The second-order valence-electron chi connectivity index (χ2n) is 7.69. The van der Waals surface area contributed by atoms with Crippen LogP contribution in [0.2, 0.25) is 0 Å². The van der Waals surface area contributed by atoms with Crippen molar-refractivity contribution in [3.05, 3.63) is 66.0 Å². The van der Waals surface area contributed by atoms with Gasteiger partial charge in [0.1, 0.15) is 5.82 Å². The molecular formula is C26H36FN. The van der Waals surface area contributed by atoms with Gasteiger partial charge in [0.25, 0.3) is 0 Å². The Bertz CT molecular complexity index is 690. The highest BCUT2D eigenvalue weighted by molar-refractivity contribution is 5.69. The number of benzene rings is 2. The van der Waals surface area contributed by atoms with Crippen LogP contribution in [0, 0.1) is 5.82 Å². The Morgan fingerprint density at radius 2 is 1.29 bits per heavy atom. The minimum atomic E-state index is -0.193. The summed E-state index contributed by atoms with van der Waals surface area (Å²) in [6.07, 6.45) is 10.1. The molecule has 0 aliphatic carbocycles. The Labute approximate surface area is 171 Å². The van der Waals surface area contributed by atoms with Crippen LogP contribution in [-0.4, -0.2) is 24.5 Å². The van der Waals surface area contributed by atoms with Crippen LogP contribution >= 0.6 is 0 Å². The second-order valence-corrected chi connectivity index (χ2v) is 7.69. The predicted octanol–water partition coefficient (Wildman–Crippen LogP) is 7.58. The van der Waals surface area contributed by atoms with E-state index in [0.717, 1.165) is 17.7 Å². The standard InChI is InChI=1S/C26H36FN/c1-4-6-8-19-28(20-9-7-5-2)21-18-22(3)23-10-12-24(13-11-23)25-14-16-26(27)17-15-25/h10-18H,4-9,19-21H2,1-3H3/b22-18-. The van der Waals surface area contributed by atoms with Gasteiger partial charge in [0.05, 0.1) is 0 Å². The SMILES string of the molecule is CCCCCN(C/C=C(/C)c1ccc(-c2ccc(F)cc2)cc1)CCCCC. The Morgan fingerprint density at radius 1 is 0.786 bits per heavy atom. The summed E-state index contributed by atoms with van der Waals surface area (Å²) in [4.78, 5) is 2.60. The van der Waals surface area contributed by atoms with Crippen molar-refractivity contribution in [1.29, 1.82) is 0 Å². The first kappa shape index (κ1) is 22.4. The van der Waals surface area contributed by atoms with Crippen molar-refractivity contribution in [3.8, 4) is 11.1 Å². The number of allylic oxidation sites excluding steroid dienone is 1. The molecule has 0 N–H and O–H groups in total. The van der Waals surface area contributed by atoms with Crippen LogP contribution in [-0.2, 0) is 0 Å². The van der Waals surface area contributed by atoms with Gasteiger partial charge in [-0.15, -0.1) is 0 Å². The van der Waals surface area contributed by atoms with Crippen molar-refractivity contribution in [2.24, 2.45) is 0 Å². The molecule has 1 nitrogen and oxygen atoms in total. The molecule has 0 aliphatic rings. The summed E-state index contributed by atoms with van der Waals surface area (Å²) < 4.78 is 13.1. The molecule has 2 heteroatoms. The number of unbranched alkanes of at least 4 members (excludes halogenated alkanes) is 4. The molecule has 0 unspecified atom stereocenters. The monoisotopic (exact) mass is 381 g/mol. The van der Waals surface area contributed by atoms with Crippen molar-refractivity contribution < 1.29 is 4.39 Å². The van der Waals surface area contributed by atoms with E-state index in [1.807, 2.05) is 12.1 Å². The van der Waals surface area contributed by atoms with Crippen molar-refractivity contribution >= 4 is 5.57 Å². The number of rotatable bonds is 12. The molecule has 0 atom stereocenters. The van der Waals surface area contributed by atoms with E-state index >= 15 is 0 Å². The largest absolute Gasteiger partial charge is 0.300 e. The average Bonchev–Trinajstić information content (AvgIpc) is 2.72. The molecule has 0 saturated carbocycles. The van der Waals surface area contributed by atoms with Crippen molar-refractivity contribution in [2.45, 2.75) is 59.3 Å². The van der Waals surface area contributed by atoms with Crippen LogP contribution in [0.3, 0.4) is 0 Å². The number of nitrogens with zero attached hydrogens (tertiary/aromatic N) is 1. The van der Waals surface area contributed by atoms with Crippen LogP contribution < -0.4 is 0 Å². The van der Waals surface area contributed by atoms with E-state index in [2.05, 4.69) is 56.0 Å². The first-order chi connectivity index (χ1) is 13.6. The van der Waals surface area contributed by atoms with E-state index in [9.17, 15) is 4.39 Å². The molecule has 0 heterocycles. The molecule has 0 saturated heterocycles. The zero-order chi connectivity index (χ0) is 20.2. The summed E-state index contributed by atoms with van der Waals surface area (Å²) in [7, 11) is 0. The quantitative estimate of drug-likeness (QED) is 0.342. The fraction of sp³-hybridized carbons (Fsp3) is 0.462. The maximum Gasteiger partial charge on any atom is 0.123 e. The zero-order valence-corrected chi connectivity index (χ0v) is 17.9. The molecule has 0 fully saturated rings. The van der Waals surface area contributed by atoms with Gasteiger partial charge in [-0.05, 0) is 67.3 Å². The average molecular weight is 382 g/mol. The van der Waals surface area contributed by atoms with Gasteiger partial charge in [-0.2, -0.15) is 0 Å². The van der Waals surface area contributed by atoms with Gasteiger partial charge in [-0.1, -0.05) is 82.0 Å². The number of halogens is 1. The van der Waals surface area contributed by atoms with Crippen molar-refractivity contribution in [1.82, 2.24) is 4.90 Å². The van der Waals surface area contributed by atoms with Gasteiger partial charge in [0, 0.05) is 6.54 Å². The third kappa shape index (κ3) is 7.59. The third-order valence-electron chi connectivity index (χ3n) is 5.33. The smallest absolute Gasteiger partial charge is 0.123 e. The molecule has 0 amide bonds. The third-order valence-corrected chi connectivity index (χ3v) is 5.33. The van der Waals surface area contributed by atoms with E-state index in [0.29, 0.717) is 0 Å². The topological polar surface area (TPSA) is 3.24 Å². The van der Waals surface area contributed by atoms with Gasteiger partial charge >= 0.3 is 0 Å². The summed E-state index contributed by atoms with van der Waals surface area (Å²) in [5.74, 6) is -0.193. The van der Waals surface area contributed by atoms with Crippen LogP contribution in [0.1, 0.15) is 64.9 Å². The van der Waals surface area contributed by atoms with Gasteiger partial charge < -0.3 is 0 Å². The second kappa shape index (κ2) is 12.5. The molecule has 0 aliphatic heterocycles. The lowest BCUT2D eigenvalue weighted by molar-refractivity contribution is 0.288. The Balaban J connectivity index is 1.98. The van der Waals surface area contributed by atoms with Crippen LogP contribution in [0.5, 0.6) is 0 Å². The van der Waals surface area contributed by atoms with Gasteiger partial charge in [-0.25, -0.2) is 4.39 Å². The first-order valence-corrected chi connectivity index (χ1v) is 10.9. The van der Waals surface area contributed by atoms with E-state index < -0.39 is 0 Å². The number of hydrogen-bond donors (Lipinski definition) is 0. The molecule has 28 heavy (non-hydrogen) atoms. The summed E-state index contributed by atoms with van der Waals surface area (Å²) in [5.41, 5.74) is 4.75. The molecule has 2 aromatic rings. The highest BCUT2D eigenvalue weighted by atomic mass is 19.1. The molecule has 0 spiro atoms. The maximum absolute atomic E-state index is 13.1. The lowest BCUT2D eigenvalue weighted by atomic mass is 10.0. The Kier molecular flexibility index (Phi) is 9.99. The van der Waals surface area contributed by atoms with Crippen molar-refractivity contribution in [2.75, 3.05) is 19.6 Å². The number of hydrogen-bond acceptors (Lipinski definition) is 1. The van der Waals surface area contributed by atoms with E-state index in [4.69, 9.17) is 0 Å². The molecular weight excluding hydrogens is 345 g/mol. The highest BCUT2D eigenvalue weighted by Crippen LogP contribution is 2.23. The normalized spacial score (nSPS) is 12.0. The lowest BCUT2D eigenvalue weighted by Gasteiger charge is -2.21. The maximum atomic E-state index is 13.1. The van der Waals surface area contributed by atoms with Gasteiger partial charge in [0.2, 0.25) is 0 Å². The van der Waals surface area contributed by atoms with Crippen LogP contribution in [0.4, 0.5) is 4.39 Å². The van der Waals surface area contributed by atoms with Crippen LogP contribution in [0.15, 0.2) is 54.6 Å². The van der Waals surface area contributed by atoms with Gasteiger partial charge in [0.15, 0.2) is 0 Å². The van der Waals surface area contributed by atoms with Gasteiger partial charge in [-0.3, -0.25) is 4.90 Å². The van der Waals surface area contributed by atoms with Crippen molar-refractivity contribution in [3.63, 3.8) is 0 Å². The molecule has 2 aromatic carbocycles. The van der Waals surface area contributed by atoms with E-state index in [-0.39, 0.29) is 5.82 Å². The fourth-order valence-corrected chi connectivity index (χ4v) is 3.42. The van der Waals surface area contributed by atoms with Crippen LogP contribution in [0.25, 0.3) is 16.7 Å². The summed E-state index contributed by atoms with van der Waals surface area (Å²) in [6.45, 7) is 10.2. The Morgan fingerprint density at radius 3 is 1.79 bits per heavy atom. The molecule has 2 rings (SSSR count). The van der Waals surface area contributed by atoms with E-state index in [1.165, 1.54) is 74.9 Å². The molecule has 152 valence electrons. The minimum Gasteiger partial charge on any atom is -0.300 e. The summed E-state index contributed by atoms with van der Waals surface area (Å²) in [6, 6.07) is 15.3. The highest BCUT2D eigenvalue weighted by Gasteiger charge is 2.04. The summed E-state index contributed by atoms with van der Waals surface area (Å²) in [5, 5.41) is 0. The van der Waals surface area contributed by atoms with E-state index in [1.54, 1.807) is 0 Å². The Hall–Kier alpha value is -1.93. The lowest BCUT2D eigenvalue weighted by Crippen LogP contribution is -2.26. The minimum absolute atomic E-state index is 0.193. The zero-order valence-electron chi connectivity index (χ0n) is 17.9.